The van der Waals surface area contributed by atoms with E-state index in [-0.39, 0.29) is 11.5 Å². The molecule has 0 radical (unpaired) electrons. The number of aryl methyl sites for hydroxylation is 1. The number of nitrogens with two attached hydrogens (primary N) is 1. The molecule has 0 bridgehead atoms. The van der Waals surface area contributed by atoms with Gasteiger partial charge in [0.1, 0.15) is 22.9 Å². The molecule has 4 aliphatic rings. The smallest absolute Gasteiger partial charge is 0.317 e. The number of nitrogen functional groups attached to an aromatic ring is 1. The highest BCUT2D eigenvalue weighted by molar-refractivity contribution is 7.16. The van der Waals surface area contributed by atoms with Gasteiger partial charge in [0.15, 0.2) is 5.76 Å². The summed E-state index contributed by atoms with van der Waals surface area (Å²) in [7, 11) is 2.21. The van der Waals surface area contributed by atoms with Gasteiger partial charge in [-0.3, -0.25) is 4.90 Å². The number of anilines is 1. The van der Waals surface area contributed by atoms with Crippen molar-refractivity contribution >= 4 is 16.3 Å². The zero-order valence-corrected chi connectivity index (χ0v) is 22.3. The van der Waals surface area contributed by atoms with Crippen LogP contribution in [0.15, 0.2) is 16.8 Å². The molecular weight excluding hydrogens is 484 g/mol. The highest BCUT2D eigenvalue weighted by Gasteiger charge is 2.58. The predicted octanol–water partition coefficient (Wildman–Crippen LogP) is 4.71. The van der Waals surface area contributed by atoms with Gasteiger partial charge in [-0.1, -0.05) is 12.1 Å². The quantitative estimate of drug-likeness (QED) is 0.530. The summed E-state index contributed by atoms with van der Waals surface area (Å²) in [5.41, 5.74) is 10.4. The largest absolute Gasteiger partial charge is 0.459 e. The lowest BCUT2D eigenvalue weighted by molar-refractivity contribution is 0.0925. The summed E-state index contributed by atoms with van der Waals surface area (Å²) in [6, 6.07) is 5.70. The SMILES string of the molecule is C[C@H]1[C@H]2C[C@@H]([C@H](C)Oc3nccc(-c4onc5c4CCC[C@@]54CCCc5sc(N)c(C#N)c54)n3)N(C)[C@@H]12. The van der Waals surface area contributed by atoms with E-state index in [1.54, 1.807) is 17.5 Å². The molecule has 7 rings (SSSR count). The second-order valence-corrected chi connectivity index (χ2v) is 12.5. The zero-order valence-electron chi connectivity index (χ0n) is 21.5. The van der Waals surface area contributed by atoms with E-state index in [2.05, 4.69) is 42.0 Å². The fourth-order valence-corrected chi connectivity index (χ4v) is 8.93. The van der Waals surface area contributed by atoms with Crippen LogP contribution < -0.4 is 10.5 Å². The van der Waals surface area contributed by atoms with Crippen molar-refractivity contribution in [3.05, 3.63) is 39.5 Å². The first-order valence-electron chi connectivity index (χ1n) is 13.5. The first kappa shape index (κ1) is 23.2. The average molecular weight is 517 g/mol. The number of nitrogens with zero attached hydrogens (tertiary/aromatic N) is 5. The van der Waals surface area contributed by atoms with Crippen LogP contribution in [0.2, 0.25) is 0 Å². The molecule has 6 atom stereocenters. The van der Waals surface area contributed by atoms with E-state index in [1.165, 1.54) is 11.3 Å². The van der Waals surface area contributed by atoms with Crippen molar-refractivity contribution in [2.75, 3.05) is 12.8 Å². The number of fused-ring (bicyclic) bond motifs is 5. The highest BCUT2D eigenvalue weighted by atomic mass is 32.1. The first-order valence-corrected chi connectivity index (χ1v) is 14.3. The third-order valence-corrected chi connectivity index (χ3v) is 10.7. The van der Waals surface area contributed by atoms with E-state index in [9.17, 15) is 5.26 Å². The zero-order chi connectivity index (χ0) is 25.5. The predicted molar refractivity (Wildman–Crippen MR) is 140 cm³/mol. The molecule has 0 unspecified atom stereocenters. The molecule has 1 saturated carbocycles. The van der Waals surface area contributed by atoms with Crippen LogP contribution in [0.3, 0.4) is 0 Å². The van der Waals surface area contributed by atoms with Gasteiger partial charge in [0, 0.05) is 34.1 Å². The van der Waals surface area contributed by atoms with Crippen LogP contribution >= 0.6 is 11.3 Å². The molecule has 192 valence electrons. The number of hydrogen-bond acceptors (Lipinski definition) is 9. The molecule has 1 spiro atoms. The number of thiophene rings is 1. The second-order valence-electron chi connectivity index (χ2n) is 11.4. The van der Waals surface area contributed by atoms with Crippen LogP contribution in [-0.4, -0.2) is 45.3 Å². The molecule has 1 aliphatic heterocycles. The van der Waals surface area contributed by atoms with E-state index in [4.69, 9.17) is 20.0 Å². The van der Waals surface area contributed by atoms with Gasteiger partial charge in [-0.05, 0) is 82.4 Å². The Morgan fingerprint density at radius 3 is 2.89 bits per heavy atom. The van der Waals surface area contributed by atoms with Gasteiger partial charge in [-0.15, -0.1) is 11.3 Å². The summed E-state index contributed by atoms with van der Waals surface area (Å²) in [5, 5.41) is 15.2. The molecular formula is C28H32N6O2S. The minimum absolute atomic E-state index is 0.00118. The Morgan fingerprint density at radius 2 is 2.14 bits per heavy atom. The first-order chi connectivity index (χ1) is 17.9. The Morgan fingerprint density at radius 1 is 1.32 bits per heavy atom. The minimum atomic E-state index is -0.311. The van der Waals surface area contributed by atoms with E-state index in [1.807, 2.05) is 6.07 Å². The Hall–Kier alpha value is -2.96. The van der Waals surface area contributed by atoms with Gasteiger partial charge in [-0.2, -0.15) is 10.2 Å². The maximum atomic E-state index is 9.93. The van der Waals surface area contributed by atoms with Gasteiger partial charge < -0.3 is 15.0 Å². The number of rotatable bonds is 4. The van der Waals surface area contributed by atoms with Crippen molar-refractivity contribution in [3.8, 4) is 23.5 Å². The van der Waals surface area contributed by atoms with E-state index >= 15 is 0 Å². The highest BCUT2D eigenvalue weighted by Crippen LogP contribution is 2.55. The fourth-order valence-electron chi connectivity index (χ4n) is 7.76. The van der Waals surface area contributed by atoms with Crippen molar-refractivity contribution in [2.45, 2.75) is 82.4 Å². The van der Waals surface area contributed by atoms with Gasteiger partial charge >= 0.3 is 6.01 Å². The molecule has 0 amide bonds. The van der Waals surface area contributed by atoms with Crippen LogP contribution in [0.5, 0.6) is 6.01 Å². The van der Waals surface area contributed by atoms with Crippen molar-refractivity contribution in [3.63, 3.8) is 0 Å². The summed E-state index contributed by atoms with van der Waals surface area (Å²) in [4.78, 5) is 12.9. The number of aromatic nitrogens is 3. The normalized spacial score (nSPS) is 30.9. The fraction of sp³-hybridized carbons (Fsp3) is 0.571. The molecule has 2 fully saturated rings. The molecule has 0 aromatic carbocycles. The Balaban J connectivity index is 1.21. The van der Waals surface area contributed by atoms with E-state index in [0.717, 1.165) is 67.2 Å². The monoisotopic (exact) mass is 516 g/mol. The standard InChI is InChI=1S/C28H32N6O2S/c1-14-17-12-20(34(3)23(14)17)15(2)35-27-31-11-8-19(32-27)24-16-6-4-9-28(25(16)33-36-24)10-5-7-21-22(28)18(13-29)26(30)37-21/h8,11,14-15,17,20,23H,4-7,9-10,12,30H2,1-3H3/t14-,15-,17+,20-,23-,28-/m0/s1. The van der Waals surface area contributed by atoms with Crippen LogP contribution in [0.25, 0.3) is 11.5 Å². The van der Waals surface area contributed by atoms with Gasteiger partial charge in [0.2, 0.25) is 0 Å². The maximum Gasteiger partial charge on any atom is 0.317 e. The van der Waals surface area contributed by atoms with Crippen LogP contribution in [-0.2, 0) is 18.3 Å². The van der Waals surface area contributed by atoms with Gasteiger partial charge in [0.25, 0.3) is 0 Å². The van der Waals surface area contributed by atoms with Gasteiger partial charge in [0.05, 0.1) is 11.3 Å². The Bertz CT molecular complexity index is 1420. The number of likely N-dealkylation sites (tertiary alicyclic amines) is 1. The molecule has 3 aliphatic carbocycles. The summed E-state index contributed by atoms with van der Waals surface area (Å²) in [6.45, 7) is 4.46. The number of ether oxygens (including phenoxy) is 1. The lowest BCUT2D eigenvalue weighted by Crippen LogP contribution is -2.41. The molecule has 37 heavy (non-hydrogen) atoms. The average Bonchev–Trinajstić information content (AvgIpc) is 3.23. The molecule has 9 heteroatoms. The van der Waals surface area contributed by atoms with Crippen LogP contribution in [0.1, 0.15) is 73.2 Å². The Kier molecular flexibility index (Phi) is 5.18. The second kappa shape index (κ2) is 8.27. The summed E-state index contributed by atoms with van der Waals surface area (Å²) < 4.78 is 12.3. The molecule has 2 N–H and O–H groups in total. The molecule has 3 aromatic heterocycles. The number of hydrogen-bond donors (Lipinski definition) is 1. The summed E-state index contributed by atoms with van der Waals surface area (Å²) in [5.74, 6) is 2.28. The molecule has 3 aromatic rings. The van der Waals surface area contributed by atoms with Crippen molar-refractivity contribution < 1.29 is 9.26 Å². The minimum Gasteiger partial charge on any atom is -0.459 e. The van der Waals surface area contributed by atoms with Crippen molar-refractivity contribution in [2.24, 2.45) is 11.8 Å². The molecule has 4 heterocycles. The number of likely N-dealkylation sites (N-methyl/N-ethyl adjacent to an activating group) is 1. The lowest BCUT2D eigenvalue weighted by atomic mass is 9.62. The summed E-state index contributed by atoms with van der Waals surface area (Å²) in [6.07, 6.45) is 8.71. The number of nitriles is 1. The lowest BCUT2D eigenvalue weighted by Gasteiger charge is -2.39. The summed E-state index contributed by atoms with van der Waals surface area (Å²) >= 11 is 1.56. The number of piperidine rings is 1. The maximum absolute atomic E-state index is 9.93. The van der Waals surface area contributed by atoms with E-state index < -0.39 is 0 Å². The van der Waals surface area contributed by atoms with Crippen molar-refractivity contribution in [1.82, 2.24) is 20.0 Å². The topological polar surface area (TPSA) is 114 Å². The third kappa shape index (κ3) is 3.31. The molecule has 8 nitrogen and oxygen atoms in total. The van der Waals surface area contributed by atoms with Crippen LogP contribution in [0.4, 0.5) is 5.00 Å². The van der Waals surface area contributed by atoms with Gasteiger partial charge in [-0.25, -0.2) is 4.98 Å². The molecule has 1 saturated heterocycles. The van der Waals surface area contributed by atoms with E-state index in [0.29, 0.717) is 40.1 Å². The Labute approximate surface area is 220 Å². The van der Waals surface area contributed by atoms with Crippen molar-refractivity contribution in [1.29, 1.82) is 5.26 Å². The third-order valence-electron chi connectivity index (χ3n) is 9.60. The van der Waals surface area contributed by atoms with Crippen LogP contribution in [0, 0.1) is 23.2 Å².